The summed E-state index contributed by atoms with van der Waals surface area (Å²) in [5.41, 5.74) is 0. The second kappa shape index (κ2) is 22.1. The van der Waals surface area contributed by atoms with Crippen molar-refractivity contribution in [3.63, 3.8) is 0 Å². The minimum atomic E-state index is 0. The molecule has 0 spiro atoms. The zero-order valence-corrected chi connectivity index (χ0v) is 7.58. The Hall–Kier alpha value is 1.72. The van der Waals surface area contributed by atoms with Gasteiger partial charge in [-0.25, -0.2) is 0 Å². The molecule has 0 fully saturated rings. The second-order valence-corrected chi connectivity index (χ2v) is 0. The van der Waals surface area contributed by atoms with Crippen LogP contribution in [0.4, 0.5) is 0 Å². The molecule has 26 valence electrons. The Morgan fingerprint density at radius 1 is 0.750 bits per heavy atom. The first-order valence-corrected chi connectivity index (χ1v) is 0. The van der Waals surface area contributed by atoms with E-state index < -0.39 is 0 Å². The van der Waals surface area contributed by atoms with Gasteiger partial charge in [0.2, 0.25) is 0 Å². The molecule has 0 N–H and O–H groups in total. The molecule has 0 saturated heterocycles. The van der Waals surface area contributed by atoms with Crippen LogP contribution in [0.1, 0.15) is 0 Å². The Labute approximate surface area is 61.2 Å². The van der Waals surface area contributed by atoms with Crippen molar-refractivity contribution in [3.05, 3.63) is 0 Å². The average molecular weight is 194 g/mol. The van der Waals surface area contributed by atoms with Crippen LogP contribution < -0.4 is 0 Å². The standard InChI is InChI=1S/2ClH.Fe.Zn/h2*1H;;. The first-order chi connectivity index (χ1) is 0. The first kappa shape index (κ1) is 43.0. The van der Waals surface area contributed by atoms with Gasteiger partial charge >= 0.3 is 0 Å². The van der Waals surface area contributed by atoms with E-state index in [9.17, 15) is 0 Å². The molecule has 0 nitrogen and oxygen atoms in total. The summed E-state index contributed by atoms with van der Waals surface area (Å²) < 4.78 is 0. The van der Waals surface area contributed by atoms with Crippen LogP contribution in [0.25, 0.3) is 0 Å². The van der Waals surface area contributed by atoms with E-state index >= 15 is 0 Å². The number of hydrogen-bond donors (Lipinski definition) is 0. The van der Waals surface area contributed by atoms with Crippen LogP contribution in [-0.4, -0.2) is 0 Å². The zero-order valence-electron chi connectivity index (χ0n) is 1.88. The molecular formula is H2Cl2FeZn. The van der Waals surface area contributed by atoms with E-state index in [0.29, 0.717) is 0 Å². The maximum Gasteiger partial charge on any atom is 0 e. The fourth-order valence-corrected chi connectivity index (χ4v) is 0. The summed E-state index contributed by atoms with van der Waals surface area (Å²) in [7, 11) is 0. The van der Waals surface area contributed by atoms with Gasteiger partial charge in [-0.05, 0) is 0 Å². The van der Waals surface area contributed by atoms with Crippen molar-refractivity contribution in [1.29, 1.82) is 0 Å². The second-order valence-electron chi connectivity index (χ2n) is 0. The number of hydrogen-bond acceptors (Lipinski definition) is 0. The van der Waals surface area contributed by atoms with Crippen LogP contribution in [0.2, 0.25) is 0 Å². The molecular weight excluding hydrogens is 192 g/mol. The summed E-state index contributed by atoms with van der Waals surface area (Å²) in [6, 6.07) is 0. The van der Waals surface area contributed by atoms with Crippen LogP contribution in [0.15, 0.2) is 0 Å². The molecule has 0 radical (unpaired) electrons. The SMILES string of the molecule is Cl.Cl.[Fe].[Zn]. The fourth-order valence-electron chi connectivity index (χ4n) is 0. The molecule has 0 unspecified atom stereocenters. The molecule has 4 heteroatoms. The van der Waals surface area contributed by atoms with Gasteiger partial charge in [0.25, 0.3) is 0 Å². The third-order valence-corrected chi connectivity index (χ3v) is 0. The van der Waals surface area contributed by atoms with Gasteiger partial charge in [0.1, 0.15) is 0 Å². The van der Waals surface area contributed by atoms with Crippen LogP contribution >= 0.6 is 24.8 Å². The van der Waals surface area contributed by atoms with Gasteiger partial charge in [0, 0.05) is 36.5 Å². The summed E-state index contributed by atoms with van der Waals surface area (Å²) in [6.07, 6.45) is 0. The molecule has 0 aromatic rings. The van der Waals surface area contributed by atoms with Crippen molar-refractivity contribution >= 4 is 24.8 Å². The van der Waals surface area contributed by atoms with Crippen molar-refractivity contribution in [3.8, 4) is 0 Å². The van der Waals surface area contributed by atoms with Crippen molar-refractivity contribution in [2.45, 2.75) is 0 Å². The molecule has 0 aromatic carbocycles. The van der Waals surface area contributed by atoms with E-state index in [1.54, 1.807) is 0 Å². The van der Waals surface area contributed by atoms with E-state index in [-0.39, 0.29) is 61.4 Å². The largest absolute Gasteiger partial charge is 0.147 e. The van der Waals surface area contributed by atoms with Crippen LogP contribution in [0, 0.1) is 0 Å². The number of rotatable bonds is 0. The molecule has 0 amide bonds. The Kier molecular flexibility index (Phi) is 237. The smallest absolute Gasteiger partial charge is 0 e. The summed E-state index contributed by atoms with van der Waals surface area (Å²) in [5, 5.41) is 0. The molecule has 0 rings (SSSR count). The van der Waals surface area contributed by atoms with E-state index in [4.69, 9.17) is 0 Å². The van der Waals surface area contributed by atoms with E-state index in [0.717, 1.165) is 0 Å². The third-order valence-electron chi connectivity index (χ3n) is 0. The van der Waals surface area contributed by atoms with Gasteiger partial charge < -0.3 is 0 Å². The van der Waals surface area contributed by atoms with E-state index in [2.05, 4.69) is 0 Å². The summed E-state index contributed by atoms with van der Waals surface area (Å²) in [6.45, 7) is 0. The number of halogens is 2. The Morgan fingerprint density at radius 3 is 0.750 bits per heavy atom. The summed E-state index contributed by atoms with van der Waals surface area (Å²) in [4.78, 5) is 0. The van der Waals surface area contributed by atoms with Gasteiger partial charge in [-0.15, -0.1) is 24.8 Å². The van der Waals surface area contributed by atoms with Gasteiger partial charge in [-0.1, -0.05) is 0 Å². The quantitative estimate of drug-likeness (QED) is 0.501. The molecule has 4 heavy (non-hydrogen) atoms. The molecule has 0 aliphatic heterocycles. The first-order valence-electron chi connectivity index (χ1n) is 0. The molecule has 0 atom stereocenters. The Balaban J connectivity index is 0. The van der Waals surface area contributed by atoms with Crippen LogP contribution in [0.3, 0.4) is 0 Å². The van der Waals surface area contributed by atoms with Crippen molar-refractivity contribution < 1.29 is 36.5 Å². The zero-order chi connectivity index (χ0) is 0. The predicted molar refractivity (Wildman–Crippen MR) is 14.5 cm³/mol. The minimum absolute atomic E-state index is 0. The monoisotopic (exact) mass is 192 g/mol. The van der Waals surface area contributed by atoms with Crippen LogP contribution in [0.5, 0.6) is 0 Å². The Bertz CT molecular complexity index is 6.00. The van der Waals surface area contributed by atoms with E-state index in [1.807, 2.05) is 0 Å². The molecule has 0 heterocycles. The third kappa shape index (κ3) is 9.30. The van der Waals surface area contributed by atoms with E-state index in [1.165, 1.54) is 0 Å². The van der Waals surface area contributed by atoms with Crippen molar-refractivity contribution in [1.82, 2.24) is 0 Å². The fraction of sp³-hybridized carbons (Fsp3) is 0. The van der Waals surface area contributed by atoms with Gasteiger partial charge in [0.05, 0.1) is 0 Å². The maximum atomic E-state index is 0. The van der Waals surface area contributed by atoms with Gasteiger partial charge in [0.15, 0.2) is 0 Å². The van der Waals surface area contributed by atoms with Gasteiger partial charge in [-0.3, -0.25) is 0 Å². The van der Waals surface area contributed by atoms with Gasteiger partial charge in [-0.2, -0.15) is 0 Å². The molecule has 0 aliphatic carbocycles. The molecule has 0 bridgehead atoms. The van der Waals surface area contributed by atoms with Crippen LogP contribution in [-0.2, 0) is 36.5 Å². The molecule has 0 aromatic heterocycles. The van der Waals surface area contributed by atoms with Crippen molar-refractivity contribution in [2.75, 3.05) is 0 Å². The predicted octanol–water partition coefficient (Wildman–Crippen LogP) is 0.839. The van der Waals surface area contributed by atoms with Crippen molar-refractivity contribution in [2.24, 2.45) is 0 Å². The molecule has 0 aliphatic rings. The molecule has 0 saturated carbocycles. The summed E-state index contributed by atoms with van der Waals surface area (Å²) in [5.74, 6) is 0. The average Bonchev–Trinajstić information content (AvgIpc) is 0. The maximum absolute atomic E-state index is 0. The summed E-state index contributed by atoms with van der Waals surface area (Å²) >= 11 is 0. The normalized spacial score (nSPS) is 0. The minimum Gasteiger partial charge on any atom is -0.147 e. The Morgan fingerprint density at radius 2 is 0.750 bits per heavy atom. The topological polar surface area (TPSA) is 0 Å².